The number of rotatable bonds is 12. The number of carbonyl (C=O) groups is 2. The maximum absolute atomic E-state index is 13.1. The smallest absolute Gasteiger partial charge is 0.270 e. The van der Waals surface area contributed by atoms with Gasteiger partial charge >= 0.3 is 0 Å². The maximum atomic E-state index is 13.1. The molecule has 7 nitrogen and oxygen atoms in total. The molecule has 0 aliphatic rings. The van der Waals surface area contributed by atoms with Crippen molar-refractivity contribution in [3.8, 4) is 11.5 Å². The molecular formula is C37H39N3O4. The first-order valence-corrected chi connectivity index (χ1v) is 15.3. The quantitative estimate of drug-likeness (QED) is 0.128. The highest BCUT2D eigenvalue weighted by Gasteiger charge is 2.17. The highest BCUT2D eigenvalue weighted by atomic mass is 16.5. The van der Waals surface area contributed by atoms with E-state index in [-0.39, 0.29) is 41.0 Å². The number of phenolic OH excluding ortho intramolecular Hbond substituents is 1. The van der Waals surface area contributed by atoms with Gasteiger partial charge in [0.15, 0.2) is 0 Å². The minimum atomic E-state index is -0.371. The number of fused-ring (bicyclic) bond motifs is 2. The van der Waals surface area contributed by atoms with Crippen molar-refractivity contribution >= 4 is 33.4 Å². The van der Waals surface area contributed by atoms with Gasteiger partial charge in [-0.1, -0.05) is 68.7 Å². The van der Waals surface area contributed by atoms with Gasteiger partial charge in [0.25, 0.3) is 11.8 Å². The van der Waals surface area contributed by atoms with Crippen LogP contribution in [0, 0.1) is 0 Å². The van der Waals surface area contributed by atoms with E-state index in [2.05, 4.69) is 34.7 Å². The molecule has 44 heavy (non-hydrogen) atoms. The number of benzene rings is 4. The van der Waals surface area contributed by atoms with Gasteiger partial charge in [-0.05, 0) is 101 Å². The molecule has 3 N–H and O–H groups in total. The van der Waals surface area contributed by atoms with Crippen LogP contribution in [-0.2, 0) is 0 Å². The molecule has 0 fully saturated rings. The first-order valence-electron chi connectivity index (χ1n) is 15.3. The van der Waals surface area contributed by atoms with Gasteiger partial charge in [-0.25, -0.2) is 4.98 Å². The minimum absolute atomic E-state index is 0.164. The van der Waals surface area contributed by atoms with Crippen molar-refractivity contribution in [2.75, 3.05) is 6.61 Å². The fourth-order valence-corrected chi connectivity index (χ4v) is 5.24. The topological polar surface area (TPSA) is 101 Å². The van der Waals surface area contributed by atoms with Gasteiger partial charge in [0.2, 0.25) is 0 Å². The Bertz CT molecular complexity index is 1780. The highest BCUT2D eigenvalue weighted by Crippen LogP contribution is 2.26. The number of nitrogens with zero attached hydrogens (tertiary/aromatic N) is 1. The van der Waals surface area contributed by atoms with Crippen LogP contribution in [-0.4, -0.2) is 28.5 Å². The number of hydrogen-bond donors (Lipinski definition) is 3. The lowest BCUT2D eigenvalue weighted by atomic mass is 10.0. The second-order valence-electron chi connectivity index (χ2n) is 11.3. The van der Waals surface area contributed by atoms with Crippen LogP contribution >= 0.6 is 0 Å². The average molecular weight is 590 g/mol. The molecule has 2 atom stereocenters. The van der Waals surface area contributed by atoms with Crippen LogP contribution in [0.4, 0.5) is 0 Å². The van der Waals surface area contributed by atoms with Gasteiger partial charge in [-0.2, -0.15) is 0 Å². The maximum Gasteiger partial charge on any atom is 0.270 e. The predicted molar refractivity (Wildman–Crippen MR) is 175 cm³/mol. The first-order chi connectivity index (χ1) is 21.3. The number of unbranched alkanes of at least 4 members (excludes halogenated alkanes) is 3. The number of nitrogens with one attached hydrogen (secondary N) is 2. The lowest BCUT2D eigenvalue weighted by Crippen LogP contribution is -2.30. The summed E-state index contributed by atoms with van der Waals surface area (Å²) in [4.78, 5) is 30.5. The SMILES string of the molecule is CCCCCCOc1ccc2cc([C@@H](C)NC(=O)c3cccc(C(=O)N[C@H](C)c4ccc5cc(O)ccc5c4)n3)ccc2c1. The Morgan fingerprint density at radius 3 is 1.86 bits per heavy atom. The molecule has 7 heteroatoms. The van der Waals surface area contributed by atoms with E-state index in [0.717, 1.165) is 51.4 Å². The third-order valence-corrected chi connectivity index (χ3v) is 7.86. The second kappa shape index (κ2) is 14.0. The van der Waals surface area contributed by atoms with Crippen LogP contribution in [0.25, 0.3) is 21.5 Å². The number of pyridine rings is 1. The van der Waals surface area contributed by atoms with Crippen molar-refractivity contribution in [2.45, 2.75) is 58.5 Å². The summed E-state index contributed by atoms with van der Waals surface area (Å²) in [6.45, 7) is 6.74. The summed E-state index contributed by atoms with van der Waals surface area (Å²) in [6, 6.07) is 27.5. The van der Waals surface area contributed by atoms with E-state index in [9.17, 15) is 14.7 Å². The Labute approximate surface area is 258 Å². The third-order valence-electron chi connectivity index (χ3n) is 7.86. The normalized spacial score (nSPS) is 12.5. The minimum Gasteiger partial charge on any atom is -0.508 e. The average Bonchev–Trinajstić information content (AvgIpc) is 3.04. The van der Waals surface area contributed by atoms with Crippen molar-refractivity contribution in [1.82, 2.24) is 15.6 Å². The summed E-state index contributed by atoms with van der Waals surface area (Å²) in [7, 11) is 0. The molecule has 0 aliphatic carbocycles. The van der Waals surface area contributed by atoms with Crippen molar-refractivity contribution in [2.24, 2.45) is 0 Å². The molecule has 0 aliphatic heterocycles. The van der Waals surface area contributed by atoms with Gasteiger partial charge in [0.1, 0.15) is 22.9 Å². The molecule has 5 aromatic rings. The molecule has 1 heterocycles. The van der Waals surface area contributed by atoms with E-state index in [4.69, 9.17) is 4.74 Å². The lowest BCUT2D eigenvalue weighted by Gasteiger charge is -2.16. The Morgan fingerprint density at radius 2 is 1.25 bits per heavy atom. The summed E-state index contributed by atoms with van der Waals surface area (Å²) < 4.78 is 5.93. The summed E-state index contributed by atoms with van der Waals surface area (Å²) in [6.07, 6.45) is 4.68. The third kappa shape index (κ3) is 7.53. The van der Waals surface area contributed by atoms with E-state index < -0.39 is 0 Å². The molecule has 0 radical (unpaired) electrons. The molecule has 0 saturated heterocycles. The van der Waals surface area contributed by atoms with Crippen molar-refractivity contribution in [1.29, 1.82) is 0 Å². The highest BCUT2D eigenvalue weighted by molar-refractivity contribution is 5.96. The van der Waals surface area contributed by atoms with Gasteiger partial charge in [0, 0.05) is 0 Å². The Morgan fingerprint density at radius 1 is 0.705 bits per heavy atom. The fraction of sp³-hybridized carbons (Fsp3) is 0.270. The molecule has 1 aromatic heterocycles. The number of aromatic hydroxyl groups is 1. The Hall–Kier alpha value is -4.91. The van der Waals surface area contributed by atoms with E-state index in [1.54, 1.807) is 30.3 Å². The first kappa shape index (κ1) is 30.5. The van der Waals surface area contributed by atoms with Gasteiger partial charge in [0.05, 0.1) is 18.7 Å². The van der Waals surface area contributed by atoms with E-state index >= 15 is 0 Å². The van der Waals surface area contributed by atoms with Crippen molar-refractivity contribution in [3.05, 3.63) is 114 Å². The van der Waals surface area contributed by atoms with Crippen LogP contribution in [0.3, 0.4) is 0 Å². The zero-order valence-electron chi connectivity index (χ0n) is 25.5. The summed E-state index contributed by atoms with van der Waals surface area (Å²) in [5, 5.41) is 19.7. The van der Waals surface area contributed by atoms with Crippen LogP contribution in [0.2, 0.25) is 0 Å². The standard InChI is InChI=1S/C37H39N3O4/c1-4-5-6-7-19-44-33-18-16-29-21-27(12-14-31(29)23-33)25(3)39-37(43)35-10-8-9-34(40-35)36(42)38-24(2)26-11-13-30-22-32(41)17-15-28(30)20-26/h8-18,20-25,41H,4-7,19H2,1-3H3,(H,38,42)(H,39,43)/t24-,25-/m1/s1. The lowest BCUT2D eigenvalue weighted by molar-refractivity contribution is 0.0930. The summed E-state index contributed by atoms with van der Waals surface area (Å²) >= 11 is 0. The number of phenols is 1. The van der Waals surface area contributed by atoms with Gasteiger partial charge < -0.3 is 20.5 Å². The molecule has 4 aromatic carbocycles. The van der Waals surface area contributed by atoms with Gasteiger partial charge in [-0.15, -0.1) is 0 Å². The number of hydrogen-bond acceptors (Lipinski definition) is 5. The monoisotopic (exact) mass is 589 g/mol. The summed E-state index contributed by atoms with van der Waals surface area (Å²) in [5.41, 5.74) is 2.22. The zero-order chi connectivity index (χ0) is 31.1. The Kier molecular flexibility index (Phi) is 9.75. The molecule has 226 valence electrons. The summed E-state index contributed by atoms with van der Waals surface area (Å²) in [5.74, 6) is 0.349. The zero-order valence-corrected chi connectivity index (χ0v) is 25.5. The van der Waals surface area contributed by atoms with Crippen LogP contribution in [0.5, 0.6) is 11.5 Å². The fourth-order valence-electron chi connectivity index (χ4n) is 5.24. The number of carbonyl (C=O) groups excluding carboxylic acids is 2. The van der Waals surface area contributed by atoms with Crippen LogP contribution in [0.1, 0.15) is 90.6 Å². The van der Waals surface area contributed by atoms with Crippen molar-refractivity contribution in [3.63, 3.8) is 0 Å². The number of amides is 2. The molecular weight excluding hydrogens is 550 g/mol. The molecule has 0 unspecified atom stereocenters. The van der Waals surface area contributed by atoms with E-state index in [1.807, 2.05) is 62.4 Å². The van der Waals surface area contributed by atoms with Crippen LogP contribution in [0.15, 0.2) is 91.0 Å². The second-order valence-corrected chi connectivity index (χ2v) is 11.3. The van der Waals surface area contributed by atoms with Gasteiger partial charge in [-0.3, -0.25) is 9.59 Å². The van der Waals surface area contributed by atoms with Crippen LogP contribution < -0.4 is 15.4 Å². The molecule has 5 rings (SSSR count). The molecule has 0 spiro atoms. The Balaban J connectivity index is 1.20. The number of aromatic nitrogens is 1. The molecule has 0 bridgehead atoms. The number of ether oxygens (including phenoxy) is 1. The molecule has 0 saturated carbocycles. The largest absolute Gasteiger partial charge is 0.508 e. The molecule has 2 amide bonds. The van der Waals surface area contributed by atoms with E-state index in [1.165, 1.54) is 19.3 Å². The predicted octanol–water partition coefficient (Wildman–Crippen LogP) is 8.03. The van der Waals surface area contributed by atoms with Crippen molar-refractivity contribution < 1.29 is 19.4 Å². The van der Waals surface area contributed by atoms with E-state index in [0.29, 0.717) is 0 Å².